The first-order valence-electron chi connectivity index (χ1n) is 4.09. The van der Waals surface area contributed by atoms with Crippen molar-refractivity contribution in [3.05, 3.63) is 33.2 Å². The summed E-state index contributed by atoms with van der Waals surface area (Å²) in [5, 5.41) is 0. The summed E-state index contributed by atoms with van der Waals surface area (Å²) >= 11 is 0. The van der Waals surface area contributed by atoms with E-state index in [1.54, 1.807) is 0 Å². The van der Waals surface area contributed by atoms with E-state index in [4.69, 9.17) is 5.73 Å². The molecule has 90 valence electrons. The molecule has 0 aliphatic carbocycles. The second-order valence-corrected chi connectivity index (χ2v) is 2.95. The lowest BCUT2D eigenvalue weighted by atomic mass is 10.1. The number of H-pyrrole nitrogens is 1. The Bertz CT molecular complexity index is 437. The number of aromatic amines is 1. The molecule has 0 aliphatic heterocycles. The van der Waals surface area contributed by atoms with Crippen molar-refractivity contribution < 1.29 is 22.0 Å². The van der Waals surface area contributed by atoms with Gasteiger partial charge in [-0.1, -0.05) is 0 Å². The summed E-state index contributed by atoms with van der Waals surface area (Å²) in [6.45, 7) is -0.456. The van der Waals surface area contributed by atoms with Crippen LogP contribution < -0.4 is 11.3 Å². The van der Waals surface area contributed by atoms with Crippen LogP contribution in [0.1, 0.15) is 23.2 Å². The molecule has 0 spiro atoms. The number of hydrogen-bond acceptors (Lipinski definition) is 2. The number of alkyl halides is 5. The van der Waals surface area contributed by atoms with E-state index in [0.29, 0.717) is 6.07 Å². The van der Waals surface area contributed by atoms with Crippen LogP contribution in [0.3, 0.4) is 0 Å². The normalized spacial score (nSPS) is 12.2. The van der Waals surface area contributed by atoms with E-state index < -0.39 is 41.5 Å². The fourth-order valence-electron chi connectivity index (χ4n) is 1.15. The molecule has 0 unspecified atom stereocenters. The first kappa shape index (κ1) is 12.6. The van der Waals surface area contributed by atoms with Crippen molar-refractivity contribution in [2.75, 3.05) is 0 Å². The summed E-state index contributed by atoms with van der Waals surface area (Å²) < 4.78 is 61.6. The maximum absolute atomic E-state index is 12.4. The standard InChI is InChI=1S/C8H7F5N2O/c9-6(10)5-4(8(11,12)13)1-3(2-14)7(16)15-5/h1,6H,2,14H2,(H,15,16). The molecular formula is C8H7F5N2O. The highest BCUT2D eigenvalue weighted by molar-refractivity contribution is 5.28. The predicted octanol–water partition coefficient (Wildman–Crippen LogP) is 1.79. The molecule has 16 heavy (non-hydrogen) atoms. The average molecular weight is 242 g/mol. The van der Waals surface area contributed by atoms with Gasteiger partial charge < -0.3 is 10.7 Å². The Labute approximate surface area is 86.1 Å². The molecule has 0 aliphatic rings. The molecule has 3 nitrogen and oxygen atoms in total. The Hall–Kier alpha value is -1.44. The molecule has 0 atom stereocenters. The zero-order valence-corrected chi connectivity index (χ0v) is 7.74. The third-order valence-electron chi connectivity index (χ3n) is 1.89. The molecule has 1 aromatic rings. The molecule has 3 N–H and O–H groups in total. The van der Waals surface area contributed by atoms with Gasteiger partial charge in [-0.05, 0) is 6.07 Å². The van der Waals surface area contributed by atoms with E-state index in [-0.39, 0.29) is 0 Å². The van der Waals surface area contributed by atoms with E-state index in [9.17, 15) is 26.7 Å². The molecule has 0 fully saturated rings. The Morgan fingerprint density at radius 1 is 1.38 bits per heavy atom. The molecule has 0 amide bonds. The number of rotatable bonds is 2. The van der Waals surface area contributed by atoms with Crippen molar-refractivity contribution in [2.24, 2.45) is 5.73 Å². The third kappa shape index (κ3) is 2.38. The number of halogens is 5. The molecule has 0 saturated carbocycles. The first-order valence-corrected chi connectivity index (χ1v) is 4.09. The lowest BCUT2D eigenvalue weighted by Crippen LogP contribution is -2.23. The largest absolute Gasteiger partial charge is 0.418 e. The van der Waals surface area contributed by atoms with Gasteiger partial charge in [0.25, 0.3) is 12.0 Å². The van der Waals surface area contributed by atoms with E-state index in [1.807, 2.05) is 0 Å². The SMILES string of the molecule is NCc1cc(C(F)(F)F)c(C(F)F)[nH]c1=O. The van der Waals surface area contributed by atoms with E-state index in [2.05, 4.69) is 0 Å². The highest BCUT2D eigenvalue weighted by atomic mass is 19.4. The van der Waals surface area contributed by atoms with Crippen molar-refractivity contribution in [3.63, 3.8) is 0 Å². The van der Waals surface area contributed by atoms with Crippen LogP contribution in [0.15, 0.2) is 10.9 Å². The maximum atomic E-state index is 12.4. The monoisotopic (exact) mass is 242 g/mol. The van der Waals surface area contributed by atoms with Gasteiger partial charge in [-0.3, -0.25) is 4.79 Å². The lowest BCUT2D eigenvalue weighted by molar-refractivity contribution is -0.140. The minimum absolute atomic E-state index is 0.348. The highest BCUT2D eigenvalue weighted by Crippen LogP contribution is 2.34. The number of pyridine rings is 1. The molecule has 1 aromatic heterocycles. The maximum Gasteiger partial charge on any atom is 0.418 e. The van der Waals surface area contributed by atoms with Crippen LogP contribution in [0.5, 0.6) is 0 Å². The molecule has 0 saturated heterocycles. The first-order chi connectivity index (χ1) is 7.27. The smallest absolute Gasteiger partial charge is 0.326 e. The van der Waals surface area contributed by atoms with Crippen molar-refractivity contribution >= 4 is 0 Å². The molecule has 0 bridgehead atoms. The topological polar surface area (TPSA) is 58.9 Å². The zero-order chi connectivity index (χ0) is 12.5. The minimum Gasteiger partial charge on any atom is -0.326 e. The summed E-state index contributed by atoms with van der Waals surface area (Å²) in [4.78, 5) is 12.5. The van der Waals surface area contributed by atoms with Gasteiger partial charge in [-0.25, -0.2) is 8.78 Å². The van der Waals surface area contributed by atoms with Crippen molar-refractivity contribution in [1.82, 2.24) is 4.98 Å². The van der Waals surface area contributed by atoms with Crippen LogP contribution >= 0.6 is 0 Å². The second-order valence-electron chi connectivity index (χ2n) is 2.95. The summed E-state index contributed by atoms with van der Waals surface area (Å²) in [7, 11) is 0. The van der Waals surface area contributed by atoms with Crippen molar-refractivity contribution in [3.8, 4) is 0 Å². The van der Waals surface area contributed by atoms with Gasteiger partial charge in [0.15, 0.2) is 0 Å². The van der Waals surface area contributed by atoms with Crippen molar-refractivity contribution in [1.29, 1.82) is 0 Å². The van der Waals surface area contributed by atoms with Crippen LogP contribution in [0, 0.1) is 0 Å². The molecule has 1 heterocycles. The van der Waals surface area contributed by atoms with Gasteiger partial charge in [-0.15, -0.1) is 0 Å². The number of hydrogen-bond donors (Lipinski definition) is 2. The molecular weight excluding hydrogens is 235 g/mol. The highest BCUT2D eigenvalue weighted by Gasteiger charge is 2.37. The molecule has 1 rings (SSSR count). The van der Waals surface area contributed by atoms with Gasteiger partial charge in [0.05, 0.1) is 11.3 Å². The summed E-state index contributed by atoms with van der Waals surface area (Å²) in [6, 6.07) is 0.348. The van der Waals surface area contributed by atoms with Gasteiger partial charge >= 0.3 is 6.18 Å². The summed E-state index contributed by atoms with van der Waals surface area (Å²) in [6.07, 6.45) is -8.36. The Morgan fingerprint density at radius 3 is 2.31 bits per heavy atom. The van der Waals surface area contributed by atoms with Crippen molar-refractivity contribution in [2.45, 2.75) is 19.1 Å². The Morgan fingerprint density at radius 2 is 1.94 bits per heavy atom. The predicted molar refractivity (Wildman–Crippen MR) is 44.9 cm³/mol. The molecule has 0 radical (unpaired) electrons. The minimum atomic E-state index is -4.96. The van der Waals surface area contributed by atoms with Gasteiger partial charge in [-0.2, -0.15) is 13.2 Å². The number of nitrogens with two attached hydrogens (primary N) is 1. The summed E-state index contributed by atoms with van der Waals surface area (Å²) in [5.74, 6) is 0. The Kier molecular flexibility index (Phi) is 3.32. The van der Waals surface area contributed by atoms with Crippen LogP contribution in [0.25, 0.3) is 0 Å². The zero-order valence-electron chi connectivity index (χ0n) is 7.74. The van der Waals surface area contributed by atoms with E-state index in [0.717, 1.165) is 0 Å². The van der Waals surface area contributed by atoms with Crippen LogP contribution in [0.2, 0.25) is 0 Å². The average Bonchev–Trinajstić information content (AvgIpc) is 2.15. The molecule has 0 aromatic carbocycles. The van der Waals surface area contributed by atoms with Crippen LogP contribution in [-0.4, -0.2) is 4.98 Å². The van der Waals surface area contributed by atoms with Gasteiger partial charge in [0.1, 0.15) is 0 Å². The number of nitrogens with one attached hydrogen (secondary N) is 1. The fourth-order valence-corrected chi connectivity index (χ4v) is 1.15. The fraction of sp³-hybridized carbons (Fsp3) is 0.375. The van der Waals surface area contributed by atoms with E-state index >= 15 is 0 Å². The summed E-state index contributed by atoms with van der Waals surface area (Å²) in [5.41, 5.74) is 0.583. The van der Waals surface area contributed by atoms with E-state index in [1.165, 1.54) is 4.98 Å². The molecule has 8 heteroatoms. The third-order valence-corrected chi connectivity index (χ3v) is 1.89. The Balaban J connectivity index is 3.50. The van der Waals surface area contributed by atoms with Gasteiger partial charge in [0.2, 0.25) is 0 Å². The van der Waals surface area contributed by atoms with Gasteiger partial charge in [0, 0.05) is 12.1 Å². The quantitative estimate of drug-likeness (QED) is 0.777. The second kappa shape index (κ2) is 4.20. The van der Waals surface area contributed by atoms with Crippen LogP contribution in [0.4, 0.5) is 22.0 Å². The number of aromatic nitrogens is 1. The van der Waals surface area contributed by atoms with Crippen LogP contribution in [-0.2, 0) is 12.7 Å². The lowest BCUT2D eigenvalue weighted by Gasteiger charge is -2.12.